The van der Waals surface area contributed by atoms with Crippen LogP contribution in [0, 0.1) is 0 Å². The minimum absolute atomic E-state index is 0.657. The Kier molecular flexibility index (Phi) is 6.58. The zero-order chi connectivity index (χ0) is 33.1. The minimum Gasteiger partial charge on any atom is -0.211 e. The van der Waals surface area contributed by atoms with Gasteiger partial charge in [-0.1, -0.05) is 158 Å². The van der Waals surface area contributed by atoms with Gasteiger partial charge in [-0.25, -0.2) is 15.0 Å². The Morgan fingerprint density at radius 1 is 0.400 bits per heavy atom. The van der Waals surface area contributed by atoms with Crippen LogP contribution in [0.15, 0.2) is 176 Å². The first kappa shape index (κ1) is 28.8. The average Bonchev–Trinajstić information content (AvgIpc) is 3.73. The largest absolute Gasteiger partial charge is 0.211 e. The van der Waals surface area contributed by atoms with Gasteiger partial charge in [0, 0.05) is 31.3 Å². The maximum atomic E-state index is 5.56. The van der Waals surface area contributed by atoms with Crippen LogP contribution in [0.4, 0.5) is 0 Å². The van der Waals surface area contributed by atoms with Gasteiger partial charge in [0.15, 0.2) is 17.5 Å². The Bertz CT molecular complexity index is 2670. The average molecular weight is 656 g/mol. The van der Waals surface area contributed by atoms with E-state index in [0.29, 0.717) is 17.5 Å². The van der Waals surface area contributed by atoms with Gasteiger partial charge in [0.1, 0.15) is 5.41 Å². The molecule has 0 N–H and O–H groups in total. The summed E-state index contributed by atoms with van der Waals surface area (Å²) in [5.41, 5.74) is 9.33. The minimum atomic E-state index is -0.798. The van der Waals surface area contributed by atoms with Crippen LogP contribution < -0.4 is 0 Å². The van der Waals surface area contributed by atoms with E-state index in [0.717, 1.165) is 22.3 Å². The normalized spacial score (nSPS) is 13.0. The quantitative estimate of drug-likeness (QED) is 0.185. The molecule has 0 saturated carbocycles. The summed E-state index contributed by atoms with van der Waals surface area (Å²) in [4.78, 5) is 16.3. The molecule has 0 saturated heterocycles. The van der Waals surface area contributed by atoms with E-state index in [2.05, 4.69) is 158 Å². The Balaban J connectivity index is 1.33. The molecule has 3 nitrogen and oxygen atoms in total. The fraction of sp³-hybridized carbons (Fsp3) is 0.0217. The van der Waals surface area contributed by atoms with Crippen LogP contribution in [0.3, 0.4) is 0 Å². The summed E-state index contributed by atoms with van der Waals surface area (Å²) < 4.78 is 2.43. The van der Waals surface area contributed by atoms with Crippen LogP contribution in [-0.4, -0.2) is 15.0 Å². The van der Waals surface area contributed by atoms with Crippen molar-refractivity contribution in [2.75, 3.05) is 0 Å². The number of hydrogen-bond acceptors (Lipinski definition) is 4. The molecule has 2 heterocycles. The fourth-order valence-electron chi connectivity index (χ4n) is 7.78. The van der Waals surface area contributed by atoms with Gasteiger partial charge < -0.3 is 0 Å². The molecule has 0 radical (unpaired) electrons. The van der Waals surface area contributed by atoms with Crippen molar-refractivity contribution in [3.63, 3.8) is 0 Å². The Morgan fingerprint density at radius 2 is 0.960 bits per heavy atom. The third-order valence-electron chi connectivity index (χ3n) is 10.0. The Morgan fingerprint density at radius 3 is 1.72 bits per heavy atom. The maximum absolute atomic E-state index is 5.56. The van der Waals surface area contributed by atoms with Crippen LogP contribution in [0.2, 0.25) is 0 Å². The van der Waals surface area contributed by atoms with Gasteiger partial charge in [-0.2, -0.15) is 0 Å². The van der Waals surface area contributed by atoms with E-state index in [1.54, 1.807) is 11.3 Å². The molecule has 4 heteroatoms. The number of nitrogens with zero attached hydrogens (tertiary/aromatic N) is 3. The third kappa shape index (κ3) is 4.32. The molecule has 0 unspecified atom stereocenters. The Hall–Kier alpha value is -6.23. The molecule has 0 fully saturated rings. The molecule has 9 aromatic rings. The summed E-state index contributed by atoms with van der Waals surface area (Å²) in [6, 6.07) is 62.4. The smallest absolute Gasteiger partial charge is 0.165 e. The lowest BCUT2D eigenvalue weighted by Crippen LogP contribution is -2.32. The van der Waals surface area contributed by atoms with Crippen molar-refractivity contribution < 1.29 is 0 Å². The molecule has 7 aromatic carbocycles. The second-order valence-corrected chi connectivity index (χ2v) is 13.8. The highest BCUT2D eigenvalue weighted by molar-refractivity contribution is 7.26. The van der Waals surface area contributed by atoms with Gasteiger partial charge >= 0.3 is 0 Å². The van der Waals surface area contributed by atoms with E-state index in [4.69, 9.17) is 15.0 Å². The number of rotatable bonds is 5. The van der Waals surface area contributed by atoms with Gasteiger partial charge in [0.2, 0.25) is 0 Å². The summed E-state index contributed by atoms with van der Waals surface area (Å²) in [5.74, 6) is 2.04. The van der Waals surface area contributed by atoms with Crippen molar-refractivity contribution in [2.45, 2.75) is 5.41 Å². The molecular weight excluding hydrogens is 627 g/mol. The molecule has 0 aliphatic heterocycles. The predicted molar refractivity (Wildman–Crippen MR) is 206 cm³/mol. The summed E-state index contributed by atoms with van der Waals surface area (Å²) in [5, 5.41) is 2.47. The fourth-order valence-corrected chi connectivity index (χ4v) is 8.99. The zero-order valence-electron chi connectivity index (χ0n) is 27.0. The summed E-state index contributed by atoms with van der Waals surface area (Å²) in [7, 11) is 0. The maximum Gasteiger partial charge on any atom is 0.165 e. The van der Waals surface area contributed by atoms with E-state index >= 15 is 0 Å². The van der Waals surface area contributed by atoms with Crippen LogP contribution >= 0.6 is 11.3 Å². The first-order valence-electron chi connectivity index (χ1n) is 16.9. The molecule has 50 heavy (non-hydrogen) atoms. The van der Waals surface area contributed by atoms with Crippen molar-refractivity contribution in [1.29, 1.82) is 0 Å². The van der Waals surface area contributed by atoms with Crippen LogP contribution in [-0.2, 0) is 5.41 Å². The topological polar surface area (TPSA) is 38.7 Å². The van der Waals surface area contributed by atoms with Crippen molar-refractivity contribution in [3.8, 4) is 45.0 Å². The van der Waals surface area contributed by atoms with Gasteiger partial charge in [-0.15, -0.1) is 11.3 Å². The first-order valence-corrected chi connectivity index (χ1v) is 17.7. The second-order valence-electron chi connectivity index (χ2n) is 12.7. The highest BCUT2D eigenvalue weighted by Crippen LogP contribution is 2.56. The van der Waals surface area contributed by atoms with Gasteiger partial charge in [0.25, 0.3) is 0 Å². The van der Waals surface area contributed by atoms with Crippen molar-refractivity contribution in [2.24, 2.45) is 0 Å². The van der Waals surface area contributed by atoms with E-state index in [1.807, 2.05) is 18.2 Å². The van der Waals surface area contributed by atoms with Crippen molar-refractivity contribution in [3.05, 3.63) is 198 Å². The molecule has 0 atom stereocenters. The molecule has 0 spiro atoms. The lowest BCUT2D eigenvalue weighted by molar-refractivity contribution is 0.692. The molecule has 234 valence electrons. The van der Waals surface area contributed by atoms with E-state index in [1.165, 1.54) is 48.0 Å². The number of fused-ring (bicyclic) bond motifs is 6. The SMILES string of the molecule is c1ccc(-c2cccc(C3(c4nc(-c5ccccc5)nc(-c5cccc6c5sc5ccccc56)n4)c4ccccc4-c4ccccc43)c2)cc1. The number of hydrogen-bond donors (Lipinski definition) is 0. The highest BCUT2D eigenvalue weighted by Gasteiger charge is 2.49. The summed E-state index contributed by atoms with van der Waals surface area (Å²) in [6.45, 7) is 0. The molecular formula is C46H29N3S. The molecule has 1 aliphatic rings. The molecule has 1 aliphatic carbocycles. The van der Waals surface area contributed by atoms with E-state index < -0.39 is 5.41 Å². The van der Waals surface area contributed by atoms with Crippen LogP contribution in [0.5, 0.6) is 0 Å². The summed E-state index contributed by atoms with van der Waals surface area (Å²) in [6.07, 6.45) is 0. The van der Waals surface area contributed by atoms with E-state index in [9.17, 15) is 0 Å². The van der Waals surface area contributed by atoms with Crippen molar-refractivity contribution in [1.82, 2.24) is 15.0 Å². The summed E-state index contributed by atoms with van der Waals surface area (Å²) >= 11 is 1.79. The first-order chi connectivity index (χ1) is 24.8. The molecule has 2 aromatic heterocycles. The zero-order valence-corrected chi connectivity index (χ0v) is 27.8. The lowest BCUT2D eigenvalue weighted by Gasteiger charge is -2.32. The third-order valence-corrected chi connectivity index (χ3v) is 11.2. The van der Waals surface area contributed by atoms with Crippen LogP contribution in [0.1, 0.15) is 22.5 Å². The number of benzene rings is 7. The van der Waals surface area contributed by atoms with Crippen molar-refractivity contribution >= 4 is 31.5 Å². The number of thiophene rings is 1. The Labute approximate surface area is 294 Å². The standard InChI is InChI=1S/C46H29N3S/c1-3-15-30(16-4-1)32-19-13-20-33(29-32)46(39-26-10-7-21-34(39)35-22-8-11-27-40(35)46)45-48-43(31-17-5-2-6-18-31)47-44(49-45)38-25-14-24-37-36-23-9-12-28-41(36)50-42(37)38/h1-29H. The monoisotopic (exact) mass is 655 g/mol. The molecule has 0 bridgehead atoms. The van der Waals surface area contributed by atoms with Gasteiger partial charge in [-0.05, 0) is 57.1 Å². The highest BCUT2D eigenvalue weighted by atomic mass is 32.1. The second kappa shape index (κ2) is 11.4. The lowest BCUT2D eigenvalue weighted by atomic mass is 9.71. The molecule has 10 rings (SSSR count). The number of aromatic nitrogens is 3. The molecule has 0 amide bonds. The predicted octanol–water partition coefficient (Wildman–Crippen LogP) is 11.6. The van der Waals surface area contributed by atoms with Gasteiger partial charge in [-0.3, -0.25) is 0 Å². The van der Waals surface area contributed by atoms with E-state index in [-0.39, 0.29) is 0 Å². The van der Waals surface area contributed by atoms with Gasteiger partial charge in [0.05, 0.1) is 0 Å². The van der Waals surface area contributed by atoms with Crippen LogP contribution in [0.25, 0.3) is 65.2 Å².